The highest BCUT2D eigenvalue weighted by Crippen LogP contribution is 2.21. The van der Waals surface area contributed by atoms with E-state index in [1.807, 2.05) is 31.2 Å². The number of hydrogen-bond donors (Lipinski definition) is 2. The van der Waals surface area contributed by atoms with Gasteiger partial charge in [0, 0.05) is 26.2 Å². The topological polar surface area (TPSA) is 83.0 Å². The van der Waals surface area contributed by atoms with Gasteiger partial charge >= 0.3 is 0 Å². The van der Waals surface area contributed by atoms with Gasteiger partial charge in [0.25, 0.3) is 11.8 Å². The van der Waals surface area contributed by atoms with Crippen LogP contribution in [0, 0.1) is 0 Å². The highest BCUT2D eigenvalue weighted by atomic mass is 127. The van der Waals surface area contributed by atoms with Crippen molar-refractivity contribution in [3.8, 4) is 5.75 Å². The Bertz CT molecular complexity index is 882. The summed E-state index contributed by atoms with van der Waals surface area (Å²) in [6.07, 6.45) is 0.749. The van der Waals surface area contributed by atoms with Crippen LogP contribution in [0.4, 0.5) is 0 Å². The summed E-state index contributed by atoms with van der Waals surface area (Å²) in [7, 11) is 1.66. The molecular formula is C22H27IN4O3. The predicted molar refractivity (Wildman–Crippen MR) is 128 cm³/mol. The highest BCUT2D eigenvalue weighted by Gasteiger charge is 2.34. The van der Waals surface area contributed by atoms with E-state index in [0.29, 0.717) is 36.7 Å². The molecule has 0 aliphatic carbocycles. The summed E-state index contributed by atoms with van der Waals surface area (Å²) < 4.78 is 5.37. The largest absolute Gasteiger partial charge is 0.496 e. The van der Waals surface area contributed by atoms with E-state index < -0.39 is 0 Å². The summed E-state index contributed by atoms with van der Waals surface area (Å²) in [5, 5.41) is 6.37. The zero-order valence-corrected chi connectivity index (χ0v) is 19.5. The van der Waals surface area contributed by atoms with Crippen LogP contribution in [-0.4, -0.2) is 56.0 Å². The molecule has 7 nitrogen and oxygen atoms in total. The van der Waals surface area contributed by atoms with Crippen molar-refractivity contribution in [1.29, 1.82) is 0 Å². The molecule has 1 aliphatic rings. The third-order valence-corrected chi connectivity index (χ3v) is 4.69. The average molecular weight is 522 g/mol. The number of ether oxygens (including phenoxy) is 1. The van der Waals surface area contributed by atoms with E-state index in [4.69, 9.17) is 4.74 Å². The molecule has 0 saturated carbocycles. The number of para-hydroxylation sites is 1. The van der Waals surface area contributed by atoms with Crippen LogP contribution in [0.2, 0.25) is 0 Å². The normalized spacial score (nSPS) is 13.0. The van der Waals surface area contributed by atoms with Crippen LogP contribution in [0.1, 0.15) is 33.2 Å². The van der Waals surface area contributed by atoms with E-state index >= 15 is 0 Å². The first kappa shape index (κ1) is 23.7. The van der Waals surface area contributed by atoms with Crippen molar-refractivity contribution in [2.24, 2.45) is 4.99 Å². The lowest BCUT2D eigenvalue weighted by atomic mass is 10.1. The van der Waals surface area contributed by atoms with Gasteiger partial charge in [0.15, 0.2) is 5.96 Å². The molecule has 2 aromatic carbocycles. The number of carbonyl (C=O) groups is 2. The molecule has 160 valence electrons. The van der Waals surface area contributed by atoms with E-state index in [9.17, 15) is 9.59 Å². The Morgan fingerprint density at radius 3 is 2.27 bits per heavy atom. The molecule has 2 aromatic rings. The van der Waals surface area contributed by atoms with Crippen LogP contribution in [0.5, 0.6) is 5.75 Å². The predicted octanol–water partition coefficient (Wildman–Crippen LogP) is 2.71. The molecule has 2 N–H and O–H groups in total. The van der Waals surface area contributed by atoms with Crippen molar-refractivity contribution in [2.45, 2.75) is 13.3 Å². The molecule has 0 spiro atoms. The van der Waals surface area contributed by atoms with E-state index in [1.54, 1.807) is 31.4 Å². The first-order valence-electron chi connectivity index (χ1n) is 9.75. The van der Waals surface area contributed by atoms with Crippen molar-refractivity contribution in [1.82, 2.24) is 15.5 Å². The number of benzene rings is 2. The molecule has 0 aromatic heterocycles. The Hall–Kier alpha value is -2.62. The second kappa shape index (κ2) is 11.5. The van der Waals surface area contributed by atoms with Crippen LogP contribution in [0.15, 0.2) is 53.5 Å². The molecular weight excluding hydrogens is 495 g/mol. The number of carbonyl (C=O) groups excluding carboxylic acids is 2. The number of aliphatic imine (C=N–C) groups is 1. The third kappa shape index (κ3) is 5.50. The van der Waals surface area contributed by atoms with Crippen LogP contribution < -0.4 is 15.4 Å². The Morgan fingerprint density at radius 1 is 1.00 bits per heavy atom. The maximum Gasteiger partial charge on any atom is 0.261 e. The maximum atomic E-state index is 12.4. The number of nitrogens with one attached hydrogen (secondary N) is 2. The Kier molecular flexibility index (Phi) is 9.10. The molecule has 0 atom stereocenters. The summed E-state index contributed by atoms with van der Waals surface area (Å²) in [6, 6.07) is 14.8. The van der Waals surface area contributed by atoms with E-state index in [-0.39, 0.29) is 42.3 Å². The van der Waals surface area contributed by atoms with Crippen LogP contribution >= 0.6 is 24.0 Å². The van der Waals surface area contributed by atoms with Gasteiger partial charge in [0.05, 0.1) is 18.2 Å². The Morgan fingerprint density at radius 2 is 1.63 bits per heavy atom. The Labute approximate surface area is 193 Å². The molecule has 2 amide bonds. The van der Waals surface area contributed by atoms with Gasteiger partial charge in [-0.1, -0.05) is 30.3 Å². The van der Waals surface area contributed by atoms with Gasteiger partial charge in [0.1, 0.15) is 5.75 Å². The van der Waals surface area contributed by atoms with E-state index in [2.05, 4.69) is 15.6 Å². The minimum absolute atomic E-state index is 0. The first-order valence-corrected chi connectivity index (χ1v) is 9.75. The number of nitrogens with zero attached hydrogens (tertiary/aromatic N) is 2. The lowest BCUT2D eigenvalue weighted by molar-refractivity contribution is 0.0657. The first-order chi connectivity index (χ1) is 14.2. The lowest BCUT2D eigenvalue weighted by Gasteiger charge is -2.16. The number of guanidine groups is 1. The summed E-state index contributed by atoms with van der Waals surface area (Å²) in [4.78, 5) is 30.7. The minimum atomic E-state index is -0.245. The fraction of sp³-hybridized carbons (Fsp3) is 0.318. The standard InChI is InChI=1S/C22H26N4O3.HI/c1-3-23-22(24-13-12-16-8-4-7-11-19(16)29-2)25-14-15-26-20(27)17-9-5-6-10-18(17)21(26)28;/h4-11H,3,12-15H2,1-2H3,(H2,23,24,25);1H. The van der Waals surface area contributed by atoms with Gasteiger partial charge in [-0.05, 0) is 37.1 Å². The number of halogens is 1. The lowest BCUT2D eigenvalue weighted by Crippen LogP contribution is -2.43. The van der Waals surface area contributed by atoms with Gasteiger partial charge in [0.2, 0.25) is 0 Å². The minimum Gasteiger partial charge on any atom is -0.496 e. The van der Waals surface area contributed by atoms with Gasteiger partial charge < -0.3 is 15.4 Å². The van der Waals surface area contributed by atoms with Crippen molar-refractivity contribution < 1.29 is 14.3 Å². The van der Waals surface area contributed by atoms with E-state index in [0.717, 1.165) is 17.7 Å². The summed E-state index contributed by atoms with van der Waals surface area (Å²) in [6.45, 7) is 3.99. The van der Waals surface area contributed by atoms with Crippen molar-refractivity contribution in [2.75, 3.05) is 33.3 Å². The van der Waals surface area contributed by atoms with Gasteiger partial charge in [-0.2, -0.15) is 0 Å². The number of rotatable bonds is 8. The molecule has 0 saturated heterocycles. The SMILES string of the molecule is CCNC(=NCCc1ccccc1OC)NCCN1C(=O)c2ccccc2C1=O.I. The highest BCUT2D eigenvalue weighted by molar-refractivity contribution is 14.0. The maximum absolute atomic E-state index is 12.4. The monoisotopic (exact) mass is 522 g/mol. The number of imide groups is 1. The fourth-order valence-electron chi connectivity index (χ4n) is 3.27. The van der Waals surface area contributed by atoms with Gasteiger partial charge in [-0.3, -0.25) is 19.5 Å². The molecule has 0 bridgehead atoms. The number of methoxy groups -OCH3 is 1. The van der Waals surface area contributed by atoms with Crippen molar-refractivity contribution in [3.63, 3.8) is 0 Å². The van der Waals surface area contributed by atoms with Crippen LogP contribution in [-0.2, 0) is 6.42 Å². The molecule has 0 radical (unpaired) electrons. The molecule has 0 fully saturated rings. The van der Waals surface area contributed by atoms with Crippen molar-refractivity contribution >= 4 is 41.8 Å². The average Bonchev–Trinajstić information content (AvgIpc) is 2.99. The molecule has 0 unspecified atom stereocenters. The molecule has 1 heterocycles. The summed E-state index contributed by atoms with van der Waals surface area (Å²) in [5.74, 6) is 1.02. The summed E-state index contributed by atoms with van der Waals surface area (Å²) in [5.41, 5.74) is 2.03. The molecule has 3 rings (SSSR count). The molecule has 1 aliphatic heterocycles. The molecule has 30 heavy (non-hydrogen) atoms. The summed E-state index contributed by atoms with van der Waals surface area (Å²) >= 11 is 0. The zero-order valence-electron chi connectivity index (χ0n) is 17.2. The fourth-order valence-corrected chi connectivity index (χ4v) is 3.27. The Balaban J connectivity index is 0.00000320. The van der Waals surface area contributed by atoms with E-state index in [1.165, 1.54) is 4.90 Å². The smallest absolute Gasteiger partial charge is 0.261 e. The number of hydrogen-bond acceptors (Lipinski definition) is 4. The second-order valence-corrected chi connectivity index (χ2v) is 6.56. The van der Waals surface area contributed by atoms with Gasteiger partial charge in [-0.15, -0.1) is 24.0 Å². The van der Waals surface area contributed by atoms with Crippen LogP contribution in [0.25, 0.3) is 0 Å². The van der Waals surface area contributed by atoms with Crippen molar-refractivity contribution in [3.05, 3.63) is 65.2 Å². The molecule has 8 heteroatoms. The number of amides is 2. The second-order valence-electron chi connectivity index (χ2n) is 6.56. The van der Waals surface area contributed by atoms with Gasteiger partial charge in [-0.25, -0.2) is 0 Å². The van der Waals surface area contributed by atoms with Crippen LogP contribution in [0.3, 0.4) is 0 Å². The zero-order chi connectivity index (χ0) is 20.6. The third-order valence-electron chi connectivity index (χ3n) is 4.69. The quantitative estimate of drug-likeness (QED) is 0.241. The number of fused-ring (bicyclic) bond motifs is 1.